The van der Waals surface area contributed by atoms with Crippen LogP contribution >= 0.6 is 0 Å². The standard InChI is InChI=1S/C26H20N4O2/c31-17-18-16-27-23-22(18)24(32)29-25(28-23)30-26(19-10-4-1-5-11-19,20-12-6-2-7-13-20)21-14-8-3-9-15-21/h1-17H,(H3,27,28,29,30,32). The summed E-state index contributed by atoms with van der Waals surface area (Å²) in [5.41, 5.74) is 2.37. The Balaban J connectivity index is 1.78. The van der Waals surface area contributed by atoms with E-state index in [0.29, 0.717) is 17.9 Å². The summed E-state index contributed by atoms with van der Waals surface area (Å²) in [4.78, 5) is 34.4. The van der Waals surface area contributed by atoms with E-state index in [1.54, 1.807) is 0 Å². The van der Waals surface area contributed by atoms with Gasteiger partial charge in [0.1, 0.15) is 11.2 Å². The highest BCUT2D eigenvalue weighted by Crippen LogP contribution is 2.39. The van der Waals surface area contributed by atoms with E-state index in [2.05, 4.69) is 20.3 Å². The third kappa shape index (κ3) is 3.18. The molecule has 32 heavy (non-hydrogen) atoms. The minimum Gasteiger partial charge on any atom is -0.345 e. The second-order valence-electron chi connectivity index (χ2n) is 7.47. The molecule has 6 heteroatoms. The Bertz CT molecular complexity index is 1330. The van der Waals surface area contributed by atoms with Gasteiger partial charge in [0.15, 0.2) is 6.29 Å². The number of aldehydes is 1. The van der Waals surface area contributed by atoms with Crippen molar-refractivity contribution in [2.75, 3.05) is 5.32 Å². The predicted octanol–water partition coefficient (Wildman–Crippen LogP) is 4.47. The van der Waals surface area contributed by atoms with Crippen LogP contribution in [0.25, 0.3) is 11.0 Å². The average molecular weight is 420 g/mol. The minimum atomic E-state index is -0.826. The molecule has 3 N–H and O–H groups in total. The Morgan fingerprint density at radius 1 is 0.781 bits per heavy atom. The van der Waals surface area contributed by atoms with Gasteiger partial charge in [0, 0.05) is 11.8 Å². The largest absolute Gasteiger partial charge is 0.345 e. The summed E-state index contributed by atoms with van der Waals surface area (Å²) in [6, 6.07) is 30.1. The van der Waals surface area contributed by atoms with Crippen LogP contribution in [0.5, 0.6) is 0 Å². The number of hydrogen-bond acceptors (Lipinski definition) is 4. The van der Waals surface area contributed by atoms with Crippen molar-refractivity contribution >= 4 is 23.3 Å². The Labute approximate surface area is 184 Å². The van der Waals surface area contributed by atoms with Gasteiger partial charge in [-0.05, 0) is 16.7 Å². The first-order valence-corrected chi connectivity index (χ1v) is 10.2. The Hall–Kier alpha value is -4.45. The Morgan fingerprint density at radius 2 is 1.28 bits per heavy atom. The first-order chi connectivity index (χ1) is 15.7. The van der Waals surface area contributed by atoms with Crippen molar-refractivity contribution < 1.29 is 4.79 Å². The number of nitrogens with zero attached hydrogens (tertiary/aromatic N) is 1. The summed E-state index contributed by atoms with van der Waals surface area (Å²) in [6.45, 7) is 0. The number of carbonyl (C=O) groups excluding carboxylic acids is 1. The lowest BCUT2D eigenvalue weighted by Crippen LogP contribution is -2.39. The van der Waals surface area contributed by atoms with Crippen molar-refractivity contribution in [2.45, 2.75) is 5.54 Å². The maximum atomic E-state index is 12.8. The molecule has 156 valence electrons. The second-order valence-corrected chi connectivity index (χ2v) is 7.47. The Kier molecular flexibility index (Phi) is 4.88. The molecule has 3 aromatic carbocycles. The first-order valence-electron chi connectivity index (χ1n) is 10.2. The third-order valence-corrected chi connectivity index (χ3v) is 5.63. The number of nitrogens with one attached hydrogen (secondary N) is 3. The van der Waals surface area contributed by atoms with Crippen LogP contribution in [0.3, 0.4) is 0 Å². The van der Waals surface area contributed by atoms with Crippen molar-refractivity contribution in [2.24, 2.45) is 0 Å². The number of rotatable bonds is 6. The lowest BCUT2D eigenvalue weighted by Gasteiger charge is -2.37. The molecule has 0 saturated heterocycles. The molecule has 0 aliphatic carbocycles. The van der Waals surface area contributed by atoms with Gasteiger partial charge in [-0.25, -0.2) is 0 Å². The van der Waals surface area contributed by atoms with E-state index in [1.165, 1.54) is 6.20 Å². The van der Waals surface area contributed by atoms with Gasteiger partial charge in [-0.15, -0.1) is 0 Å². The Morgan fingerprint density at radius 3 is 1.75 bits per heavy atom. The number of fused-ring (bicyclic) bond motifs is 1. The summed E-state index contributed by atoms with van der Waals surface area (Å²) >= 11 is 0. The number of hydrogen-bond donors (Lipinski definition) is 3. The van der Waals surface area contributed by atoms with Crippen LogP contribution in [0.1, 0.15) is 27.0 Å². The van der Waals surface area contributed by atoms with E-state index >= 15 is 0 Å². The van der Waals surface area contributed by atoms with Gasteiger partial charge < -0.3 is 10.3 Å². The van der Waals surface area contributed by atoms with Gasteiger partial charge in [0.2, 0.25) is 5.95 Å². The highest BCUT2D eigenvalue weighted by atomic mass is 16.1. The highest BCUT2D eigenvalue weighted by Gasteiger charge is 2.37. The van der Waals surface area contributed by atoms with Crippen molar-refractivity contribution in [3.63, 3.8) is 0 Å². The number of carbonyl (C=O) groups is 1. The van der Waals surface area contributed by atoms with Crippen molar-refractivity contribution in [1.29, 1.82) is 0 Å². The average Bonchev–Trinajstić information content (AvgIpc) is 3.28. The lowest BCUT2D eigenvalue weighted by molar-refractivity contribution is 0.112. The number of aromatic amines is 2. The van der Waals surface area contributed by atoms with Gasteiger partial charge in [-0.3, -0.25) is 14.6 Å². The summed E-state index contributed by atoms with van der Waals surface area (Å²) in [5.74, 6) is 0.290. The van der Waals surface area contributed by atoms with Crippen molar-refractivity contribution in [1.82, 2.24) is 15.0 Å². The molecule has 0 unspecified atom stereocenters. The van der Waals surface area contributed by atoms with Crippen LogP contribution in [0, 0.1) is 0 Å². The molecule has 0 saturated carbocycles. The van der Waals surface area contributed by atoms with E-state index in [-0.39, 0.29) is 16.5 Å². The summed E-state index contributed by atoms with van der Waals surface area (Å²) in [7, 11) is 0. The van der Waals surface area contributed by atoms with Crippen LogP contribution in [-0.4, -0.2) is 21.2 Å². The van der Waals surface area contributed by atoms with E-state index in [1.807, 2.05) is 91.0 Å². The molecule has 0 radical (unpaired) electrons. The zero-order valence-electron chi connectivity index (χ0n) is 17.1. The maximum absolute atomic E-state index is 12.8. The van der Waals surface area contributed by atoms with E-state index in [4.69, 9.17) is 0 Å². The quantitative estimate of drug-likeness (QED) is 0.279. The molecule has 5 aromatic rings. The topological polar surface area (TPSA) is 90.6 Å². The molecule has 0 aliphatic rings. The molecule has 0 amide bonds. The number of H-pyrrole nitrogens is 2. The zero-order chi connectivity index (χ0) is 22.0. The third-order valence-electron chi connectivity index (χ3n) is 5.63. The SMILES string of the molecule is O=Cc1c[nH]c2nc(NC(c3ccccc3)(c3ccccc3)c3ccccc3)[nH]c(=O)c12. The number of anilines is 1. The summed E-state index contributed by atoms with van der Waals surface area (Å²) in [6.07, 6.45) is 2.13. The fraction of sp³-hybridized carbons (Fsp3) is 0.0385. The van der Waals surface area contributed by atoms with E-state index in [0.717, 1.165) is 16.7 Å². The molecule has 6 nitrogen and oxygen atoms in total. The summed E-state index contributed by atoms with van der Waals surface area (Å²) < 4.78 is 0. The monoisotopic (exact) mass is 420 g/mol. The van der Waals surface area contributed by atoms with E-state index < -0.39 is 5.54 Å². The molecular formula is C26H20N4O2. The van der Waals surface area contributed by atoms with Gasteiger partial charge in [-0.2, -0.15) is 4.98 Å². The molecular weight excluding hydrogens is 400 g/mol. The molecule has 0 fully saturated rings. The fourth-order valence-corrected chi connectivity index (χ4v) is 4.17. The molecule has 2 heterocycles. The first kappa shape index (κ1) is 19.5. The second kappa shape index (κ2) is 8.00. The van der Waals surface area contributed by atoms with E-state index in [9.17, 15) is 9.59 Å². The molecule has 0 spiro atoms. The van der Waals surface area contributed by atoms with Crippen LogP contribution in [-0.2, 0) is 5.54 Å². The number of aromatic nitrogens is 3. The van der Waals surface area contributed by atoms with Crippen LogP contribution in [0.2, 0.25) is 0 Å². The molecule has 0 bridgehead atoms. The van der Waals surface area contributed by atoms with Crippen LogP contribution < -0.4 is 10.9 Å². The van der Waals surface area contributed by atoms with Crippen molar-refractivity contribution in [3.8, 4) is 0 Å². The van der Waals surface area contributed by atoms with Gasteiger partial charge in [-0.1, -0.05) is 91.0 Å². The summed E-state index contributed by atoms with van der Waals surface area (Å²) in [5, 5.41) is 3.77. The maximum Gasteiger partial charge on any atom is 0.262 e. The van der Waals surface area contributed by atoms with Gasteiger partial charge in [0.05, 0.1) is 5.39 Å². The fourth-order valence-electron chi connectivity index (χ4n) is 4.17. The molecule has 2 aromatic heterocycles. The zero-order valence-corrected chi connectivity index (χ0v) is 17.1. The highest BCUT2D eigenvalue weighted by molar-refractivity contribution is 5.95. The normalized spacial score (nSPS) is 11.4. The molecule has 0 atom stereocenters. The van der Waals surface area contributed by atoms with Crippen LogP contribution in [0.15, 0.2) is 102 Å². The minimum absolute atomic E-state index is 0.246. The molecule has 5 rings (SSSR count). The molecule has 0 aliphatic heterocycles. The predicted molar refractivity (Wildman–Crippen MR) is 125 cm³/mol. The lowest BCUT2D eigenvalue weighted by atomic mass is 9.77. The van der Waals surface area contributed by atoms with Crippen LogP contribution in [0.4, 0.5) is 5.95 Å². The smallest absolute Gasteiger partial charge is 0.262 e. The van der Waals surface area contributed by atoms with Gasteiger partial charge >= 0.3 is 0 Å². The van der Waals surface area contributed by atoms with Crippen molar-refractivity contribution in [3.05, 3.63) is 130 Å². The number of benzene rings is 3. The van der Waals surface area contributed by atoms with Gasteiger partial charge in [0.25, 0.3) is 5.56 Å².